The van der Waals surface area contributed by atoms with E-state index in [0.717, 1.165) is 25.5 Å². The van der Waals surface area contributed by atoms with Crippen molar-refractivity contribution in [2.75, 3.05) is 17.4 Å². The summed E-state index contributed by atoms with van der Waals surface area (Å²) in [4.78, 5) is 29.6. The van der Waals surface area contributed by atoms with Gasteiger partial charge in [0, 0.05) is 24.0 Å². The highest BCUT2D eigenvalue weighted by atomic mass is 79.9. The van der Waals surface area contributed by atoms with Crippen LogP contribution in [-0.4, -0.2) is 44.3 Å². The lowest BCUT2D eigenvalue weighted by molar-refractivity contribution is -0.140. The highest BCUT2D eigenvalue weighted by Gasteiger charge is 2.35. The van der Waals surface area contributed by atoms with Crippen LogP contribution in [0.4, 0.5) is 5.69 Å². The molecule has 236 valence electrons. The number of rotatable bonds is 13. The molecule has 0 aliphatic rings. The number of anilines is 1. The molecule has 0 saturated carbocycles. The molecule has 4 aromatic carbocycles. The number of amides is 2. The molecule has 1 unspecified atom stereocenters. The number of nitrogens with zero attached hydrogens (tertiary/aromatic N) is 2. The van der Waals surface area contributed by atoms with E-state index in [9.17, 15) is 18.0 Å². The molecule has 7 nitrogen and oxygen atoms in total. The Morgan fingerprint density at radius 1 is 0.867 bits per heavy atom. The lowest BCUT2D eigenvalue weighted by atomic mass is 10.0. The number of hydrogen-bond acceptors (Lipinski definition) is 4. The van der Waals surface area contributed by atoms with Gasteiger partial charge in [-0.2, -0.15) is 0 Å². The first-order chi connectivity index (χ1) is 21.5. The van der Waals surface area contributed by atoms with E-state index in [1.807, 2.05) is 68.4 Å². The third-order valence-electron chi connectivity index (χ3n) is 7.17. The van der Waals surface area contributed by atoms with Crippen LogP contribution in [0.2, 0.25) is 10.0 Å². The summed E-state index contributed by atoms with van der Waals surface area (Å²) in [5, 5.41) is 3.06. The van der Waals surface area contributed by atoms with Crippen LogP contribution >= 0.6 is 39.1 Å². The van der Waals surface area contributed by atoms with Crippen LogP contribution in [0.25, 0.3) is 0 Å². The third-order valence-corrected chi connectivity index (χ3v) is 10.3. The monoisotopic (exact) mass is 729 g/mol. The Morgan fingerprint density at radius 2 is 1.53 bits per heavy atom. The molecule has 0 aromatic heterocycles. The Balaban J connectivity index is 1.82. The highest BCUT2D eigenvalue weighted by molar-refractivity contribution is 9.10. The maximum absolute atomic E-state index is 14.5. The second-order valence-corrected chi connectivity index (χ2v) is 14.1. The molecule has 0 saturated heterocycles. The van der Waals surface area contributed by atoms with Crippen LogP contribution in [0.5, 0.6) is 0 Å². The van der Waals surface area contributed by atoms with Crippen LogP contribution in [0, 0.1) is 6.92 Å². The number of carbonyl (C=O) groups is 2. The van der Waals surface area contributed by atoms with Gasteiger partial charge in [0.05, 0.1) is 20.6 Å². The van der Waals surface area contributed by atoms with Crippen molar-refractivity contribution in [1.29, 1.82) is 0 Å². The molecule has 0 fully saturated rings. The van der Waals surface area contributed by atoms with Crippen molar-refractivity contribution in [1.82, 2.24) is 10.2 Å². The van der Waals surface area contributed by atoms with Gasteiger partial charge < -0.3 is 10.2 Å². The van der Waals surface area contributed by atoms with Gasteiger partial charge in [0.1, 0.15) is 12.6 Å². The van der Waals surface area contributed by atoms with E-state index in [0.29, 0.717) is 13.0 Å². The molecule has 0 bridgehead atoms. The number of aryl methyl sites for hydroxylation is 1. The first-order valence-corrected chi connectivity index (χ1v) is 17.4. The molecule has 0 aliphatic carbocycles. The molecule has 0 radical (unpaired) electrons. The zero-order valence-electron chi connectivity index (χ0n) is 24.9. The van der Waals surface area contributed by atoms with Crippen molar-refractivity contribution in [2.24, 2.45) is 0 Å². The van der Waals surface area contributed by atoms with Crippen LogP contribution in [0.15, 0.2) is 106 Å². The molecule has 1 N–H and O–H groups in total. The van der Waals surface area contributed by atoms with Crippen LogP contribution in [0.3, 0.4) is 0 Å². The number of carbonyl (C=O) groups excluding carboxylic acids is 2. The van der Waals surface area contributed by atoms with E-state index < -0.39 is 28.5 Å². The smallest absolute Gasteiger partial charge is 0.264 e. The molecule has 45 heavy (non-hydrogen) atoms. The molecule has 11 heteroatoms. The van der Waals surface area contributed by atoms with Crippen LogP contribution in [-0.2, 0) is 32.6 Å². The molecule has 2 amide bonds. The molecule has 0 aliphatic heterocycles. The summed E-state index contributed by atoms with van der Waals surface area (Å²) in [7, 11) is -4.30. The van der Waals surface area contributed by atoms with Gasteiger partial charge >= 0.3 is 0 Å². The second kappa shape index (κ2) is 15.8. The summed E-state index contributed by atoms with van der Waals surface area (Å²) in [6, 6.07) is 26.8. The largest absolute Gasteiger partial charge is 0.354 e. The number of nitrogens with one attached hydrogen (secondary N) is 1. The zero-order chi connectivity index (χ0) is 32.6. The van der Waals surface area contributed by atoms with E-state index in [-0.39, 0.29) is 39.5 Å². The maximum Gasteiger partial charge on any atom is 0.264 e. The number of hydrogen-bond donors (Lipinski definition) is 1. The van der Waals surface area contributed by atoms with Gasteiger partial charge in [0.15, 0.2) is 0 Å². The zero-order valence-corrected chi connectivity index (χ0v) is 28.8. The lowest BCUT2D eigenvalue weighted by Crippen LogP contribution is -2.53. The minimum atomic E-state index is -4.30. The van der Waals surface area contributed by atoms with Crippen LogP contribution < -0.4 is 9.62 Å². The van der Waals surface area contributed by atoms with Gasteiger partial charge in [-0.3, -0.25) is 13.9 Å². The fourth-order valence-electron chi connectivity index (χ4n) is 4.74. The average Bonchev–Trinajstić information content (AvgIpc) is 3.03. The Bertz CT molecular complexity index is 1720. The summed E-state index contributed by atoms with van der Waals surface area (Å²) in [5.74, 6) is -0.919. The highest BCUT2D eigenvalue weighted by Crippen LogP contribution is 2.35. The molecular weight excluding hydrogens is 697 g/mol. The van der Waals surface area contributed by atoms with Crippen molar-refractivity contribution in [3.8, 4) is 0 Å². The molecule has 0 heterocycles. The molecule has 4 aromatic rings. The number of halogens is 3. The van der Waals surface area contributed by atoms with E-state index in [1.165, 1.54) is 23.1 Å². The van der Waals surface area contributed by atoms with E-state index >= 15 is 0 Å². The predicted octanol–water partition coefficient (Wildman–Crippen LogP) is 7.43. The van der Waals surface area contributed by atoms with Gasteiger partial charge in [0.2, 0.25) is 11.8 Å². The van der Waals surface area contributed by atoms with E-state index in [1.54, 1.807) is 24.3 Å². The fourth-order valence-corrected chi connectivity index (χ4v) is 6.88. The Morgan fingerprint density at radius 3 is 2.18 bits per heavy atom. The van der Waals surface area contributed by atoms with Crippen molar-refractivity contribution in [3.63, 3.8) is 0 Å². The molecule has 0 spiro atoms. The Kier molecular flexibility index (Phi) is 12.1. The predicted molar refractivity (Wildman–Crippen MR) is 184 cm³/mol. The molecule has 4 rings (SSSR count). The quantitative estimate of drug-likeness (QED) is 0.155. The average molecular weight is 732 g/mol. The standard InChI is InChI=1S/C34H34BrCl2N3O4S/c1-3-20-38-34(42)31(21-25-8-5-4-6-9-25)39(22-26-14-16-27(35)17-15-26)32(41)23-40(30-11-7-10-29(36)33(30)37)45(43,44)28-18-12-24(2)13-19-28/h4-19,31H,3,20-23H2,1-2H3,(H,38,42). The van der Waals surface area contributed by atoms with Crippen molar-refractivity contribution >= 4 is 66.7 Å². The van der Waals surface area contributed by atoms with E-state index in [2.05, 4.69) is 21.2 Å². The van der Waals surface area contributed by atoms with Gasteiger partial charge in [-0.05, 0) is 60.9 Å². The lowest BCUT2D eigenvalue weighted by Gasteiger charge is -2.34. The minimum absolute atomic E-state index is 0.0105. The fraction of sp³-hybridized carbons (Fsp3) is 0.235. The van der Waals surface area contributed by atoms with Crippen molar-refractivity contribution < 1.29 is 18.0 Å². The Labute approximate surface area is 283 Å². The Hall–Kier alpha value is -3.37. The van der Waals surface area contributed by atoms with Crippen molar-refractivity contribution in [2.45, 2.75) is 44.2 Å². The first kappa shape index (κ1) is 34.5. The van der Waals surface area contributed by atoms with Gasteiger partial charge in [-0.25, -0.2) is 8.42 Å². The minimum Gasteiger partial charge on any atom is -0.354 e. The number of benzene rings is 4. The second-order valence-electron chi connectivity index (χ2n) is 10.5. The SMILES string of the molecule is CCCNC(=O)C(Cc1ccccc1)N(Cc1ccc(Br)cc1)C(=O)CN(c1cccc(Cl)c1Cl)S(=O)(=O)c1ccc(C)cc1. The van der Waals surface area contributed by atoms with Crippen molar-refractivity contribution in [3.05, 3.63) is 128 Å². The number of sulfonamides is 1. The third kappa shape index (κ3) is 8.88. The summed E-state index contributed by atoms with van der Waals surface area (Å²) in [6.07, 6.45) is 0.932. The topological polar surface area (TPSA) is 86.8 Å². The van der Waals surface area contributed by atoms with Crippen LogP contribution in [0.1, 0.15) is 30.0 Å². The molecule has 1 atom stereocenters. The summed E-state index contributed by atoms with van der Waals surface area (Å²) in [5.41, 5.74) is 2.54. The maximum atomic E-state index is 14.5. The van der Waals surface area contributed by atoms with Gasteiger partial charge in [-0.15, -0.1) is 0 Å². The van der Waals surface area contributed by atoms with Gasteiger partial charge in [-0.1, -0.05) is 112 Å². The van der Waals surface area contributed by atoms with Gasteiger partial charge in [0.25, 0.3) is 10.0 Å². The molecular formula is C34H34BrCl2N3O4S. The summed E-state index contributed by atoms with van der Waals surface area (Å²) < 4.78 is 30.2. The first-order valence-electron chi connectivity index (χ1n) is 14.4. The summed E-state index contributed by atoms with van der Waals surface area (Å²) >= 11 is 16.3. The van der Waals surface area contributed by atoms with E-state index in [4.69, 9.17) is 23.2 Å². The summed E-state index contributed by atoms with van der Waals surface area (Å²) in [6.45, 7) is 3.66. The normalized spacial score (nSPS) is 11.9.